The highest BCUT2D eigenvalue weighted by molar-refractivity contribution is 5.66. The summed E-state index contributed by atoms with van der Waals surface area (Å²) in [7, 11) is 0. The summed E-state index contributed by atoms with van der Waals surface area (Å²) < 4.78 is 0. The van der Waals surface area contributed by atoms with Gasteiger partial charge in [0.2, 0.25) is 6.29 Å². The Morgan fingerprint density at radius 1 is 1.25 bits per heavy atom. The topological polar surface area (TPSA) is 17.1 Å². The Kier molecular flexibility index (Phi) is 5.07. The SMILES string of the molecule is C=CC=CC=C[C]=O. The molecule has 0 aliphatic heterocycles. The van der Waals surface area contributed by atoms with Crippen LogP contribution in [0.3, 0.4) is 0 Å². The van der Waals surface area contributed by atoms with Crippen LogP contribution in [0.2, 0.25) is 0 Å². The average Bonchev–Trinajstić information content (AvgIpc) is 1.81. The molecule has 8 heavy (non-hydrogen) atoms. The van der Waals surface area contributed by atoms with Gasteiger partial charge < -0.3 is 0 Å². The number of hydrogen-bond donors (Lipinski definition) is 0. The molecule has 0 saturated heterocycles. The molecule has 0 aliphatic rings. The minimum absolute atomic E-state index is 1.29. The van der Waals surface area contributed by atoms with E-state index in [0.717, 1.165) is 0 Å². The van der Waals surface area contributed by atoms with Crippen molar-refractivity contribution < 1.29 is 4.79 Å². The molecule has 41 valence electrons. The lowest BCUT2D eigenvalue weighted by atomic mass is 10.4. The van der Waals surface area contributed by atoms with Gasteiger partial charge in [-0.25, -0.2) is 0 Å². The Balaban J connectivity index is 3.41. The zero-order valence-corrected chi connectivity index (χ0v) is 4.50. The van der Waals surface area contributed by atoms with E-state index in [1.165, 1.54) is 6.08 Å². The van der Waals surface area contributed by atoms with Crippen LogP contribution in [0.1, 0.15) is 0 Å². The van der Waals surface area contributed by atoms with Gasteiger partial charge in [0.25, 0.3) is 0 Å². The molecule has 0 rings (SSSR count). The molecule has 0 N–H and O–H groups in total. The second-order valence-corrected chi connectivity index (χ2v) is 1.10. The van der Waals surface area contributed by atoms with Gasteiger partial charge in [-0.1, -0.05) is 30.9 Å². The molecule has 0 saturated carbocycles. The maximum absolute atomic E-state index is 9.50. The Morgan fingerprint density at radius 3 is 2.50 bits per heavy atom. The van der Waals surface area contributed by atoms with E-state index in [0.29, 0.717) is 0 Å². The first-order chi connectivity index (χ1) is 3.91. The third-order valence-corrected chi connectivity index (χ3v) is 0.523. The molecule has 0 unspecified atom stereocenters. The normalized spacial score (nSPS) is 10.5. The summed E-state index contributed by atoms with van der Waals surface area (Å²) in [4.78, 5) is 9.50. The van der Waals surface area contributed by atoms with Crippen molar-refractivity contribution in [3.8, 4) is 0 Å². The van der Waals surface area contributed by atoms with Gasteiger partial charge in [0.1, 0.15) is 0 Å². The second kappa shape index (κ2) is 5.89. The van der Waals surface area contributed by atoms with Gasteiger partial charge in [-0.2, -0.15) is 0 Å². The third kappa shape index (κ3) is 4.89. The smallest absolute Gasteiger partial charge is 0.225 e. The number of carbonyl (C=O) groups excluding carboxylic acids is 1. The highest BCUT2D eigenvalue weighted by Gasteiger charge is 1.59. The first-order valence-corrected chi connectivity index (χ1v) is 2.23. The largest absolute Gasteiger partial charge is 0.286 e. The fourth-order valence-corrected chi connectivity index (χ4v) is 0.238. The van der Waals surface area contributed by atoms with Gasteiger partial charge in [-0.3, -0.25) is 4.79 Å². The highest BCUT2D eigenvalue weighted by Crippen LogP contribution is 1.73. The molecule has 0 amide bonds. The maximum Gasteiger partial charge on any atom is 0.225 e. The van der Waals surface area contributed by atoms with Crippen molar-refractivity contribution in [1.29, 1.82) is 0 Å². The van der Waals surface area contributed by atoms with Crippen LogP contribution < -0.4 is 0 Å². The van der Waals surface area contributed by atoms with Crippen molar-refractivity contribution in [2.24, 2.45) is 0 Å². The summed E-state index contributed by atoms with van der Waals surface area (Å²) in [5, 5.41) is 0. The van der Waals surface area contributed by atoms with E-state index >= 15 is 0 Å². The second-order valence-electron chi connectivity index (χ2n) is 1.10. The highest BCUT2D eigenvalue weighted by atomic mass is 16.1. The molecule has 0 bridgehead atoms. The molecule has 0 fully saturated rings. The molecule has 1 nitrogen and oxygen atoms in total. The zero-order chi connectivity index (χ0) is 6.24. The average molecular weight is 107 g/mol. The summed E-state index contributed by atoms with van der Waals surface area (Å²) in [6.45, 7) is 3.44. The molecule has 0 aromatic rings. The summed E-state index contributed by atoms with van der Waals surface area (Å²) in [5.41, 5.74) is 0. The molecule has 1 heteroatoms. The molecule has 1 radical (unpaired) electrons. The molecule has 0 atom stereocenters. The molecule has 0 spiro atoms. The molecule has 0 aromatic heterocycles. The van der Waals surface area contributed by atoms with Gasteiger partial charge in [-0.15, -0.1) is 0 Å². The third-order valence-electron chi connectivity index (χ3n) is 0.523. The van der Waals surface area contributed by atoms with Crippen LogP contribution in [-0.4, -0.2) is 6.29 Å². The minimum atomic E-state index is 1.29. The van der Waals surface area contributed by atoms with Gasteiger partial charge in [0, 0.05) is 0 Å². The summed E-state index contributed by atoms with van der Waals surface area (Å²) in [6.07, 6.45) is 9.56. The van der Waals surface area contributed by atoms with E-state index in [2.05, 4.69) is 6.58 Å². The summed E-state index contributed by atoms with van der Waals surface area (Å²) in [5.74, 6) is 0. The van der Waals surface area contributed by atoms with Crippen molar-refractivity contribution in [3.05, 3.63) is 37.0 Å². The molecule has 0 heterocycles. The minimum Gasteiger partial charge on any atom is -0.286 e. The quantitative estimate of drug-likeness (QED) is 0.393. The zero-order valence-electron chi connectivity index (χ0n) is 4.50. The van der Waals surface area contributed by atoms with Gasteiger partial charge in [0.05, 0.1) is 0 Å². The maximum atomic E-state index is 9.50. The lowest BCUT2D eigenvalue weighted by molar-refractivity contribution is 0.564. The van der Waals surface area contributed by atoms with Crippen LogP contribution in [0.4, 0.5) is 0 Å². The van der Waals surface area contributed by atoms with E-state index in [9.17, 15) is 4.79 Å². The number of rotatable bonds is 3. The van der Waals surface area contributed by atoms with Crippen LogP contribution in [0.5, 0.6) is 0 Å². The Morgan fingerprint density at radius 2 is 2.00 bits per heavy atom. The lowest BCUT2D eigenvalue weighted by Gasteiger charge is -1.64. The van der Waals surface area contributed by atoms with E-state index in [1.807, 2.05) is 0 Å². The van der Waals surface area contributed by atoms with Crippen molar-refractivity contribution in [3.63, 3.8) is 0 Å². The molecule has 0 aliphatic carbocycles. The van der Waals surface area contributed by atoms with Crippen molar-refractivity contribution in [1.82, 2.24) is 0 Å². The molecular weight excluding hydrogens is 100 g/mol. The van der Waals surface area contributed by atoms with Gasteiger partial charge in [-0.05, 0) is 6.08 Å². The van der Waals surface area contributed by atoms with Crippen LogP contribution in [0, 0.1) is 0 Å². The monoisotopic (exact) mass is 107 g/mol. The van der Waals surface area contributed by atoms with E-state index in [4.69, 9.17) is 0 Å². The fraction of sp³-hybridized carbons (Fsp3) is 0. The standard InChI is InChI=1S/C7H7O/c1-2-3-4-5-6-7-8/h2-6H,1H2. The molecule has 0 aromatic carbocycles. The lowest BCUT2D eigenvalue weighted by Crippen LogP contribution is -1.54. The van der Waals surface area contributed by atoms with Crippen molar-refractivity contribution >= 4 is 6.29 Å². The summed E-state index contributed by atoms with van der Waals surface area (Å²) in [6, 6.07) is 0. The Hall–Kier alpha value is -1.11. The van der Waals surface area contributed by atoms with Crippen molar-refractivity contribution in [2.75, 3.05) is 0 Å². The van der Waals surface area contributed by atoms with Crippen LogP contribution >= 0.6 is 0 Å². The van der Waals surface area contributed by atoms with Crippen molar-refractivity contribution in [2.45, 2.75) is 0 Å². The predicted molar refractivity (Wildman–Crippen MR) is 34.2 cm³/mol. The van der Waals surface area contributed by atoms with Crippen LogP contribution in [-0.2, 0) is 4.79 Å². The van der Waals surface area contributed by atoms with E-state index < -0.39 is 0 Å². The molecular formula is C7H7O. The fourth-order valence-electron chi connectivity index (χ4n) is 0.238. The van der Waals surface area contributed by atoms with E-state index in [-0.39, 0.29) is 0 Å². The number of hydrogen-bond acceptors (Lipinski definition) is 1. The van der Waals surface area contributed by atoms with Crippen LogP contribution in [0.25, 0.3) is 0 Å². The van der Waals surface area contributed by atoms with Gasteiger partial charge >= 0.3 is 0 Å². The van der Waals surface area contributed by atoms with E-state index in [1.54, 1.807) is 30.6 Å². The summed E-state index contributed by atoms with van der Waals surface area (Å²) >= 11 is 0. The first kappa shape index (κ1) is 6.89. The first-order valence-electron chi connectivity index (χ1n) is 2.23. The Bertz CT molecular complexity index is 104. The van der Waals surface area contributed by atoms with Crippen LogP contribution in [0.15, 0.2) is 37.0 Å². The number of allylic oxidation sites excluding steroid dienone is 5. The van der Waals surface area contributed by atoms with Gasteiger partial charge in [0.15, 0.2) is 0 Å². The Labute approximate surface area is 49.0 Å². The predicted octanol–water partition coefficient (Wildman–Crippen LogP) is 1.39.